The van der Waals surface area contributed by atoms with Gasteiger partial charge in [0.25, 0.3) is 0 Å². The average molecular weight is 172 g/mol. The predicted molar refractivity (Wildman–Crippen MR) is 47.7 cm³/mol. The molecule has 0 saturated carbocycles. The molecule has 13 heavy (non-hydrogen) atoms. The van der Waals surface area contributed by atoms with Gasteiger partial charge in [0, 0.05) is 0 Å². The van der Waals surface area contributed by atoms with Crippen LogP contribution in [0.1, 0.15) is 11.7 Å². The molecule has 0 aliphatic carbocycles. The highest BCUT2D eigenvalue weighted by Gasteiger charge is 2.07. The van der Waals surface area contributed by atoms with Gasteiger partial charge in [-0.15, -0.1) is 0 Å². The number of nitrogens with two attached hydrogens (primary N) is 1. The Labute approximate surface area is 75.2 Å². The summed E-state index contributed by atoms with van der Waals surface area (Å²) in [5.74, 6) is 0. The highest BCUT2D eigenvalue weighted by Crippen LogP contribution is 2.12. The average Bonchev–Trinajstić information content (AvgIpc) is 2.63. The van der Waals surface area contributed by atoms with Gasteiger partial charge in [-0.3, -0.25) is 0 Å². The molecule has 0 bridgehead atoms. The number of hydrogen-bond acceptors (Lipinski definition) is 3. The van der Waals surface area contributed by atoms with Crippen LogP contribution in [0.3, 0.4) is 0 Å². The van der Waals surface area contributed by atoms with Crippen LogP contribution in [0, 0.1) is 11.3 Å². The molecule has 0 aliphatic heterocycles. The van der Waals surface area contributed by atoms with Crippen molar-refractivity contribution in [2.24, 2.45) is 5.73 Å². The highest BCUT2D eigenvalue weighted by molar-refractivity contribution is 5.46. The first-order valence-electron chi connectivity index (χ1n) is 3.89. The molecule has 0 amide bonds. The van der Waals surface area contributed by atoms with Crippen LogP contribution < -0.4 is 5.73 Å². The number of nitrogens with zero attached hydrogens (tertiary/aromatic N) is 3. The molecule has 0 radical (unpaired) electrons. The SMILES string of the molecule is N#CC(N)c1cccc2cncn12. The summed E-state index contributed by atoms with van der Waals surface area (Å²) < 4.78 is 1.81. The Morgan fingerprint density at radius 1 is 1.54 bits per heavy atom. The van der Waals surface area contributed by atoms with Crippen molar-refractivity contribution in [3.05, 3.63) is 36.4 Å². The molecule has 4 heteroatoms. The molecule has 2 heterocycles. The number of rotatable bonds is 1. The molecule has 2 rings (SSSR count). The molecule has 1 atom stereocenters. The number of fused-ring (bicyclic) bond motifs is 1. The lowest BCUT2D eigenvalue weighted by molar-refractivity contribution is 0.846. The maximum Gasteiger partial charge on any atom is 0.134 e. The molecule has 64 valence electrons. The third-order valence-corrected chi connectivity index (χ3v) is 1.94. The Morgan fingerprint density at radius 2 is 2.38 bits per heavy atom. The largest absolute Gasteiger partial charge is 0.311 e. The smallest absolute Gasteiger partial charge is 0.134 e. The first kappa shape index (κ1) is 7.77. The Balaban J connectivity index is 2.69. The standard InChI is InChI=1S/C9H8N4/c10-4-8(11)9-3-1-2-7-5-12-6-13(7)9/h1-3,5-6,8H,11H2. The summed E-state index contributed by atoms with van der Waals surface area (Å²) >= 11 is 0. The molecule has 2 aromatic heterocycles. The van der Waals surface area contributed by atoms with E-state index in [-0.39, 0.29) is 0 Å². The minimum Gasteiger partial charge on any atom is -0.311 e. The Morgan fingerprint density at radius 3 is 3.15 bits per heavy atom. The van der Waals surface area contributed by atoms with E-state index in [0.29, 0.717) is 0 Å². The number of imidazole rings is 1. The molecule has 2 aromatic rings. The van der Waals surface area contributed by atoms with Gasteiger partial charge in [-0.25, -0.2) is 4.98 Å². The molecule has 0 aromatic carbocycles. The van der Waals surface area contributed by atoms with Crippen molar-refractivity contribution in [1.29, 1.82) is 5.26 Å². The second-order valence-electron chi connectivity index (χ2n) is 2.75. The van der Waals surface area contributed by atoms with Crippen molar-refractivity contribution < 1.29 is 0 Å². The van der Waals surface area contributed by atoms with E-state index in [1.807, 2.05) is 28.7 Å². The lowest BCUT2D eigenvalue weighted by Crippen LogP contribution is -2.11. The van der Waals surface area contributed by atoms with Crippen LogP contribution in [-0.4, -0.2) is 9.38 Å². The molecule has 1 unspecified atom stereocenters. The van der Waals surface area contributed by atoms with Crippen molar-refractivity contribution in [2.45, 2.75) is 6.04 Å². The van der Waals surface area contributed by atoms with Gasteiger partial charge in [-0.05, 0) is 12.1 Å². The van der Waals surface area contributed by atoms with E-state index in [1.165, 1.54) is 0 Å². The van der Waals surface area contributed by atoms with Crippen molar-refractivity contribution >= 4 is 5.52 Å². The zero-order valence-electron chi connectivity index (χ0n) is 6.88. The second kappa shape index (κ2) is 2.88. The third kappa shape index (κ3) is 1.15. The van der Waals surface area contributed by atoms with Gasteiger partial charge in [0.2, 0.25) is 0 Å². The van der Waals surface area contributed by atoms with Crippen molar-refractivity contribution in [3.8, 4) is 6.07 Å². The summed E-state index contributed by atoms with van der Waals surface area (Å²) in [5.41, 5.74) is 7.32. The van der Waals surface area contributed by atoms with Crippen LogP contribution in [0.4, 0.5) is 0 Å². The maximum absolute atomic E-state index is 8.68. The van der Waals surface area contributed by atoms with Gasteiger partial charge in [0.15, 0.2) is 0 Å². The fourth-order valence-electron chi connectivity index (χ4n) is 1.29. The summed E-state index contributed by atoms with van der Waals surface area (Å²) in [6, 6.07) is 7.00. The molecular weight excluding hydrogens is 164 g/mol. The molecule has 0 spiro atoms. The van der Waals surface area contributed by atoms with E-state index in [9.17, 15) is 0 Å². The molecule has 0 aliphatic rings. The van der Waals surface area contributed by atoms with E-state index in [1.54, 1.807) is 12.5 Å². The Hall–Kier alpha value is -1.86. The quantitative estimate of drug-likeness (QED) is 0.693. The summed E-state index contributed by atoms with van der Waals surface area (Å²) in [7, 11) is 0. The lowest BCUT2D eigenvalue weighted by atomic mass is 10.2. The first-order valence-corrected chi connectivity index (χ1v) is 3.89. The zero-order chi connectivity index (χ0) is 9.26. The van der Waals surface area contributed by atoms with Crippen molar-refractivity contribution in [1.82, 2.24) is 9.38 Å². The van der Waals surface area contributed by atoms with Crippen LogP contribution in [0.2, 0.25) is 0 Å². The fraction of sp³-hybridized carbons (Fsp3) is 0.111. The van der Waals surface area contributed by atoms with E-state index >= 15 is 0 Å². The van der Waals surface area contributed by atoms with Crippen LogP contribution >= 0.6 is 0 Å². The molecule has 2 N–H and O–H groups in total. The van der Waals surface area contributed by atoms with Gasteiger partial charge in [-0.2, -0.15) is 5.26 Å². The maximum atomic E-state index is 8.68. The van der Waals surface area contributed by atoms with Crippen LogP contribution in [-0.2, 0) is 0 Å². The van der Waals surface area contributed by atoms with Gasteiger partial charge < -0.3 is 10.1 Å². The van der Waals surface area contributed by atoms with Crippen molar-refractivity contribution in [3.63, 3.8) is 0 Å². The molecule has 4 nitrogen and oxygen atoms in total. The van der Waals surface area contributed by atoms with Gasteiger partial charge in [-0.1, -0.05) is 6.07 Å². The summed E-state index contributed by atoms with van der Waals surface area (Å²) in [5, 5.41) is 8.68. The number of nitriles is 1. The van der Waals surface area contributed by atoms with E-state index in [0.717, 1.165) is 11.2 Å². The minimum atomic E-state index is -0.599. The molecule has 0 saturated heterocycles. The summed E-state index contributed by atoms with van der Waals surface area (Å²) in [6.07, 6.45) is 3.38. The Bertz CT molecular complexity index is 466. The van der Waals surface area contributed by atoms with E-state index in [2.05, 4.69) is 4.98 Å². The molecular formula is C9H8N4. The summed E-state index contributed by atoms with van der Waals surface area (Å²) in [4.78, 5) is 3.98. The minimum absolute atomic E-state index is 0.599. The normalized spacial score (nSPS) is 12.6. The number of hydrogen-bond donors (Lipinski definition) is 1. The molecule has 0 fully saturated rings. The highest BCUT2D eigenvalue weighted by atomic mass is 15.0. The van der Waals surface area contributed by atoms with Crippen LogP contribution in [0.15, 0.2) is 30.7 Å². The lowest BCUT2D eigenvalue weighted by Gasteiger charge is -2.05. The predicted octanol–water partition coefficient (Wildman–Crippen LogP) is 0.858. The zero-order valence-corrected chi connectivity index (χ0v) is 6.88. The van der Waals surface area contributed by atoms with Crippen LogP contribution in [0.25, 0.3) is 5.52 Å². The van der Waals surface area contributed by atoms with Crippen molar-refractivity contribution in [2.75, 3.05) is 0 Å². The topological polar surface area (TPSA) is 67.1 Å². The number of pyridine rings is 1. The number of aromatic nitrogens is 2. The van der Waals surface area contributed by atoms with Crippen LogP contribution in [0.5, 0.6) is 0 Å². The Kier molecular flexibility index (Phi) is 1.72. The van der Waals surface area contributed by atoms with Gasteiger partial charge >= 0.3 is 0 Å². The van der Waals surface area contributed by atoms with E-state index in [4.69, 9.17) is 11.0 Å². The monoisotopic (exact) mass is 172 g/mol. The first-order chi connectivity index (χ1) is 6.33. The summed E-state index contributed by atoms with van der Waals surface area (Å²) in [6.45, 7) is 0. The third-order valence-electron chi connectivity index (χ3n) is 1.94. The van der Waals surface area contributed by atoms with Gasteiger partial charge in [0.05, 0.1) is 29.8 Å². The fourth-order valence-corrected chi connectivity index (χ4v) is 1.29. The van der Waals surface area contributed by atoms with Gasteiger partial charge in [0.1, 0.15) is 6.04 Å². The van der Waals surface area contributed by atoms with E-state index < -0.39 is 6.04 Å². The second-order valence-corrected chi connectivity index (χ2v) is 2.75.